The molecule has 0 amide bonds. The zero-order valence-corrected chi connectivity index (χ0v) is 18.6. The second-order valence-electron chi connectivity index (χ2n) is 8.44. The van der Waals surface area contributed by atoms with Crippen LogP contribution in [-0.4, -0.2) is 0 Å². The van der Waals surface area contributed by atoms with Gasteiger partial charge in [-0.25, -0.2) is 0 Å². The van der Waals surface area contributed by atoms with E-state index in [2.05, 4.69) is 74.2 Å². The van der Waals surface area contributed by atoms with Gasteiger partial charge in [-0.05, 0) is 52.3 Å². The Morgan fingerprint density at radius 1 is 0.800 bits per heavy atom. The van der Waals surface area contributed by atoms with Crippen LogP contribution in [0.5, 0.6) is 0 Å². The number of hydrogen-bond acceptors (Lipinski definition) is 1. The standard InChI is InChI=1S/C29H37N/c1-3-5-6-7-8-9-10-14-23-21-22-27(28-16-12-11-15-26(23)28)24-17-19-25(20-18-24)29(30)13-4-2/h4,11-12,15-22,29H,2-3,5-10,13-14,30H2,1H3. The molecule has 3 aromatic carbocycles. The van der Waals surface area contributed by atoms with Crippen LogP contribution in [0.25, 0.3) is 21.9 Å². The van der Waals surface area contributed by atoms with Crippen molar-refractivity contribution < 1.29 is 0 Å². The smallest absolute Gasteiger partial charge is 0.0329 e. The van der Waals surface area contributed by atoms with Crippen LogP contribution >= 0.6 is 0 Å². The van der Waals surface area contributed by atoms with Gasteiger partial charge in [0, 0.05) is 6.04 Å². The molecule has 30 heavy (non-hydrogen) atoms. The van der Waals surface area contributed by atoms with E-state index in [4.69, 9.17) is 5.73 Å². The number of hydrogen-bond donors (Lipinski definition) is 1. The number of benzene rings is 3. The molecule has 0 spiro atoms. The van der Waals surface area contributed by atoms with Gasteiger partial charge in [-0.2, -0.15) is 0 Å². The van der Waals surface area contributed by atoms with E-state index in [1.807, 2.05) is 6.08 Å². The molecule has 1 atom stereocenters. The zero-order chi connectivity index (χ0) is 21.2. The maximum Gasteiger partial charge on any atom is 0.0329 e. The van der Waals surface area contributed by atoms with Crippen LogP contribution in [0.4, 0.5) is 0 Å². The van der Waals surface area contributed by atoms with E-state index in [0.29, 0.717) is 0 Å². The molecule has 0 saturated carbocycles. The molecule has 0 aromatic heterocycles. The fourth-order valence-electron chi connectivity index (χ4n) is 4.33. The predicted molar refractivity (Wildman–Crippen MR) is 133 cm³/mol. The van der Waals surface area contributed by atoms with Crippen molar-refractivity contribution in [1.29, 1.82) is 0 Å². The van der Waals surface area contributed by atoms with Crippen LogP contribution < -0.4 is 5.73 Å². The van der Waals surface area contributed by atoms with Gasteiger partial charge in [0.2, 0.25) is 0 Å². The second-order valence-corrected chi connectivity index (χ2v) is 8.44. The molecule has 1 nitrogen and oxygen atoms in total. The number of aryl methyl sites for hydroxylation is 1. The summed E-state index contributed by atoms with van der Waals surface area (Å²) in [4.78, 5) is 0. The molecule has 3 aromatic rings. The van der Waals surface area contributed by atoms with Gasteiger partial charge >= 0.3 is 0 Å². The Labute approximate surface area is 183 Å². The van der Waals surface area contributed by atoms with E-state index < -0.39 is 0 Å². The van der Waals surface area contributed by atoms with E-state index in [1.165, 1.54) is 84.4 Å². The largest absolute Gasteiger partial charge is 0.324 e. The molecular weight excluding hydrogens is 362 g/mol. The molecule has 2 N–H and O–H groups in total. The van der Waals surface area contributed by atoms with Gasteiger partial charge in [0.1, 0.15) is 0 Å². The minimum absolute atomic E-state index is 0.0256. The summed E-state index contributed by atoms with van der Waals surface area (Å²) < 4.78 is 0. The first-order chi connectivity index (χ1) is 14.7. The van der Waals surface area contributed by atoms with Crippen molar-refractivity contribution in [3.63, 3.8) is 0 Å². The normalized spacial score (nSPS) is 12.2. The molecule has 0 fully saturated rings. The lowest BCUT2D eigenvalue weighted by molar-refractivity contribution is 0.590. The van der Waals surface area contributed by atoms with E-state index in [-0.39, 0.29) is 6.04 Å². The lowest BCUT2D eigenvalue weighted by Crippen LogP contribution is -2.08. The van der Waals surface area contributed by atoms with Crippen molar-refractivity contribution in [2.75, 3.05) is 0 Å². The molecule has 3 rings (SSSR count). The third-order valence-electron chi connectivity index (χ3n) is 6.13. The third-order valence-corrected chi connectivity index (χ3v) is 6.13. The number of rotatable bonds is 12. The Hall–Kier alpha value is -2.38. The van der Waals surface area contributed by atoms with Crippen molar-refractivity contribution >= 4 is 10.8 Å². The lowest BCUT2D eigenvalue weighted by atomic mass is 9.92. The average molecular weight is 400 g/mol. The molecule has 0 aliphatic heterocycles. The highest BCUT2D eigenvalue weighted by molar-refractivity contribution is 5.98. The molecule has 0 aliphatic carbocycles. The molecule has 0 bridgehead atoms. The summed E-state index contributed by atoms with van der Waals surface area (Å²) in [6, 6.07) is 22.2. The summed E-state index contributed by atoms with van der Waals surface area (Å²) in [7, 11) is 0. The molecule has 0 saturated heterocycles. The molecule has 0 aliphatic rings. The highest BCUT2D eigenvalue weighted by Gasteiger charge is 2.09. The van der Waals surface area contributed by atoms with Gasteiger partial charge in [0.05, 0.1) is 0 Å². The summed E-state index contributed by atoms with van der Waals surface area (Å²) in [5.41, 5.74) is 11.4. The molecule has 0 radical (unpaired) electrons. The minimum Gasteiger partial charge on any atom is -0.324 e. The Balaban J connectivity index is 1.73. The highest BCUT2D eigenvalue weighted by atomic mass is 14.6. The number of nitrogens with two attached hydrogens (primary N) is 1. The first-order valence-corrected chi connectivity index (χ1v) is 11.7. The Kier molecular flexibility index (Phi) is 8.71. The molecule has 1 heteroatoms. The fraction of sp³-hybridized carbons (Fsp3) is 0.379. The van der Waals surface area contributed by atoms with E-state index in [9.17, 15) is 0 Å². The quantitative estimate of drug-likeness (QED) is 0.240. The van der Waals surface area contributed by atoms with Crippen LogP contribution in [0.3, 0.4) is 0 Å². The first-order valence-electron chi connectivity index (χ1n) is 11.7. The maximum absolute atomic E-state index is 6.23. The van der Waals surface area contributed by atoms with Crippen LogP contribution in [0.2, 0.25) is 0 Å². The number of fused-ring (bicyclic) bond motifs is 1. The SMILES string of the molecule is C=CCC(N)c1ccc(-c2ccc(CCCCCCCCC)c3ccccc23)cc1. The van der Waals surface area contributed by atoms with Crippen molar-refractivity contribution in [2.45, 2.75) is 70.8 Å². The monoisotopic (exact) mass is 399 g/mol. The van der Waals surface area contributed by atoms with Gasteiger partial charge in [-0.1, -0.05) is 112 Å². The van der Waals surface area contributed by atoms with Crippen LogP contribution in [0.1, 0.15) is 75.5 Å². The van der Waals surface area contributed by atoms with Crippen LogP contribution in [0, 0.1) is 0 Å². The van der Waals surface area contributed by atoms with Gasteiger partial charge in [-0.15, -0.1) is 6.58 Å². The van der Waals surface area contributed by atoms with Crippen molar-refractivity contribution in [3.05, 3.63) is 84.4 Å². The van der Waals surface area contributed by atoms with Crippen LogP contribution in [0.15, 0.2) is 73.3 Å². The van der Waals surface area contributed by atoms with E-state index in [0.717, 1.165) is 6.42 Å². The van der Waals surface area contributed by atoms with Gasteiger partial charge < -0.3 is 5.73 Å². The highest BCUT2D eigenvalue weighted by Crippen LogP contribution is 2.32. The summed E-state index contributed by atoms with van der Waals surface area (Å²) in [6.45, 7) is 6.08. The van der Waals surface area contributed by atoms with Gasteiger partial charge in [0.25, 0.3) is 0 Å². The number of unbranched alkanes of at least 4 members (excludes halogenated alkanes) is 6. The summed E-state index contributed by atoms with van der Waals surface area (Å²) in [5.74, 6) is 0. The van der Waals surface area contributed by atoms with Crippen molar-refractivity contribution in [2.24, 2.45) is 5.73 Å². The van der Waals surface area contributed by atoms with Crippen LogP contribution in [-0.2, 0) is 6.42 Å². The summed E-state index contributed by atoms with van der Waals surface area (Å²) in [6.07, 6.45) is 13.3. The predicted octanol–water partition coefficient (Wildman–Crippen LogP) is 8.38. The molecule has 158 valence electrons. The maximum atomic E-state index is 6.23. The summed E-state index contributed by atoms with van der Waals surface area (Å²) in [5, 5.41) is 2.74. The Bertz CT molecular complexity index is 923. The zero-order valence-electron chi connectivity index (χ0n) is 18.6. The Morgan fingerprint density at radius 2 is 1.47 bits per heavy atom. The third kappa shape index (κ3) is 5.83. The summed E-state index contributed by atoms with van der Waals surface area (Å²) >= 11 is 0. The fourth-order valence-corrected chi connectivity index (χ4v) is 4.33. The van der Waals surface area contributed by atoms with E-state index in [1.54, 1.807) is 0 Å². The van der Waals surface area contributed by atoms with Crippen molar-refractivity contribution in [3.8, 4) is 11.1 Å². The van der Waals surface area contributed by atoms with Gasteiger partial charge in [-0.3, -0.25) is 0 Å². The van der Waals surface area contributed by atoms with E-state index >= 15 is 0 Å². The molecular formula is C29H37N. The molecule has 1 unspecified atom stereocenters. The molecule has 0 heterocycles. The van der Waals surface area contributed by atoms with Gasteiger partial charge in [0.15, 0.2) is 0 Å². The lowest BCUT2D eigenvalue weighted by Gasteiger charge is -2.14. The topological polar surface area (TPSA) is 26.0 Å². The van der Waals surface area contributed by atoms with Crippen molar-refractivity contribution in [1.82, 2.24) is 0 Å². The Morgan fingerprint density at radius 3 is 2.17 bits per heavy atom. The first kappa shape index (κ1) is 22.3. The second kappa shape index (κ2) is 11.7. The minimum atomic E-state index is 0.0256. The average Bonchev–Trinajstić information content (AvgIpc) is 2.79.